The molecule has 0 aromatic heterocycles. The highest BCUT2D eigenvalue weighted by Crippen LogP contribution is 2.34. The van der Waals surface area contributed by atoms with Crippen LogP contribution in [-0.2, 0) is 0 Å². The Hall–Kier alpha value is -4.34. The van der Waals surface area contributed by atoms with Gasteiger partial charge in [-0.1, -0.05) is 0 Å². The summed E-state index contributed by atoms with van der Waals surface area (Å²) in [5.74, 6) is -9.00. The highest BCUT2D eigenvalue weighted by molar-refractivity contribution is 6.33. The third-order valence-corrected chi connectivity index (χ3v) is 4.24. The molecule has 1 aliphatic rings. The molecule has 0 aliphatic heterocycles. The number of rotatable bonds is 4. The normalized spacial score (nSPS) is 12.1. The Balaban J connectivity index is 2.45. The number of ketones is 2. The molecule has 140 valence electrons. The molecule has 3 rings (SSSR count). The van der Waals surface area contributed by atoms with Crippen molar-refractivity contribution in [3.8, 4) is 0 Å². The van der Waals surface area contributed by atoms with Gasteiger partial charge in [0.25, 0.3) is 0 Å². The van der Waals surface area contributed by atoms with E-state index in [1.165, 1.54) is 0 Å². The van der Waals surface area contributed by atoms with E-state index in [0.717, 1.165) is 24.3 Å². The van der Waals surface area contributed by atoms with Crippen LogP contribution in [0.3, 0.4) is 0 Å². The predicted octanol–water partition coefficient (Wildman–Crippen LogP) is 1.25. The summed E-state index contributed by atoms with van der Waals surface area (Å²) in [5, 5.41) is 37.1. The zero-order valence-electron chi connectivity index (χ0n) is 13.5. The molecule has 0 heterocycles. The van der Waals surface area contributed by atoms with Crippen LogP contribution in [0.15, 0.2) is 24.3 Å². The van der Waals surface area contributed by atoms with Crippen molar-refractivity contribution in [2.75, 3.05) is 0 Å². The molecule has 0 radical (unpaired) electrons. The van der Waals surface area contributed by atoms with Crippen molar-refractivity contribution in [1.82, 2.24) is 0 Å². The SMILES string of the molecule is O=C(O)c1ccc2c(c1C(=O)O)C(=O)c1ccc(C(=O)O)c(C(=O)O)c1C2=O. The largest absolute Gasteiger partial charge is 0.478 e. The summed E-state index contributed by atoms with van der Waals surface area (Å²) >= 11 is 0. The smallest absolute Gasteiger partial charge is 0.337 e. The van der Waals surface area contributed by atoms with Gasteiger partial charge in [0.1, 0.15) is 0 Å². The Kier molecular flexibility index (Phi) is 4.04. The second kappa shape index (κ2) is 6.13. The van der Waals surface area contributed by atoms with Crippen LogP contribution in [0.1, 0.15) is 73.3 Å². The van der Waals surface area contributed by atoms with Crippen LogP contribution >= 0.6 is 0 Å². The van der Waals surface area contributed by atoms with E-state index in [1.807, 2.05) is 0 Å². The van der Waals surface area contributed by atoms with Gasteiger partial charge in [-0.3, -0.25) is 9.59 Å². The molecule has 10 heteroatoms. The molecule has 4 N–H and O–H groups in total. The van der Waals surface area contributed by atoms with E-state index in [2.05, 4.69) is 0 Å². The minimum absolute atomic E-state index is 0.523. The molecule has 0 spiro atoms. The lowest BCUT2D eigenvalue weighted by Crippen LogP contribution is -2.29. The molecule has 0 unspecified atom stereocenters. The van der Waals surface area contributed by atoms with Crippen molar-refractivity contribution in [3.05, 3.63) is 68.8 Å². The zero-order valence-corrected chi connectivity index (χ0v) is 13.5. The molecule has 28 heavy (non-hydrogen) atoms. The first kappa shape index (κ1) is 18.5. The molecule has 0 atom stereocenters. The third-order valence-electron chi connectivity index (χ3n) is 4.24. The third kappa shape index (κ3) is 2.43. The molecule has 0 amide bonds. The average Bonchev–Trinajstić information content (AvgIpc) is 2.63. The zero-order chi connectivity index (χ0) is 20.9. The van der Waals surface area contributed by atoms with Crippen LogP contribution in [0.2, 0.25) is 0 Å². The van der Waals surface area contributed by atoms with E-state index in [4.69, 9.17) is 0 Å². The minimum Gasteiger partial charge on any atom is -0.478 e. The fourth-order valence-corrected chi connectivity index (χ4v) is 3.13. The lowest BCUT2D eigenvalue weighted by Gasteiger charge is -2.22. The molecule has 1 aliphatic carbocycles. The van der Waals surface area contributed by atoms with Gasteiger partial charge in [0, 0.05) is 22.3 Å². The number of aromatic carboxylic acids is 4. The first-order valence-corrected chi connectivity index (χ1v) is 7.44. The Morgan fingerprint density at radius 2 is 0.857 bits per heavy atom. The standard InChI is InChI=1S/C18H8O10/c19-13-5-1-3-7(15(21)22)11(17(25)26)9(5)14(20)6-2-4-8(16(23)24)12(10(6)13)18(27)28/h1-4H,(H,21,22)(H,23,24)(H,25,26)(H,27,28). The number of carboxylic acid groups (broad SMARTS) is 4. The van der Waals surface area contributed by atoms with E-state index < -0.39 is 80.0 Å². The molecule has 0 saturated carbocycles. The monoisotopic (exact) mass is 384 g/mol. The summed E-state index contributed by atoms with van der Waals surface area (Å²) in [7, 11) is 0. The van der Waals surface area contributed by atoms with Gasteiger partial charge in [-0.25, -0.2) is 19.2 Å². The van der Waals surface area contributed by atoms with E-state index >= 15 is 0 Å². The van der Waals surface area contributed by atoms with Gasteiger partial charge in [-0.15, -0.1) is 0 Å². The summed E-state index contributed by atoms with van der Waals surface area (Å²) < 4.78 is 0. The van der Waals surface area contributed by atoms with Crippen molar-refractivity contribution in [2.45, 2.75) is 0 Å². The number of hydrogen-bond donors (Lipinski definition) is 4. The predicted molar refractivity (Wildman–Crippen MR) is 87.6 cm³/mol. The highest BCUT2D eigenvalue weighted by Gasteiger charge is 2.39. The van der Waals surface area contributed by atoms with Crippen molar-refractivity contribution < 1.29 is 49.2 Å². The second-order valence-electron chi connectivity index (χ2n) is 5.70. The first-order valence-electron chi connectivity index (χ1n) is 7.44. The number of carboxylic acids is 4. The Morgan fingerprint density at radius 3 is 1.11 bits per heavy atom. The molecule has 10 nitrogen and oxygen atoms in total. The maximum absolute atomic E-state index is 12.9. The van der Waals surface area contributed by atoms with Crippen LogP contribution in [0.5, 0.6) is 0 Å². The maximum atomic E-state index is 12.9. The molecule has 0 bridgehead atoms. The van der Waals surface area contributed by atoms with E-state index in [1.54, 1.807) is 0 Å². The minimum atomic E-state index is -1.76. The van der Waals surface area contributed by atoms with Crippen molar-refractivity contribution >= 4 is 35.4 Å². The van der Waals surface area contributed by atoms with Gasteiger partial charge < -0.3 is 20.4 Å². The molecular weight excluding hydrogens is 376 g/mol. The maximum Gasteiger partial charge on any atom is 0.337 e. The molecule has 2 aromatic rings. The molecule has 0 saturated heterocycles. The molecule has 2 aromatic carbocycles. The van der Waals surface area contributed by atoms with Crippen LogP contribution in [0.4, 0.5) is 0 Å². The van der Waals surface area contributed by atoms with Crippen molar-refractivity contribution in [3.63, 3.8) is 0 Å². The first-order chi connectivity index (χ1) is 13.1. The van der Waals surface area contributed by atoms with E-state index in [0.29, 0.717) is 0 Å². The van der Waals surface area contributed by atoms with E-state index in [9.17, 15) is 49.2 Å². The number of carbonyl (C=O) groups excluding carboxylic acids is 2. The Morgan fingerprint density at radius 1 is 0.536 bits per heavy atom. The average molecular weight is 384 g/mol. The molecule has 0 fully saturated rings. The summed E-state index contributed by atoms with van der Waals surface area (Å²) in [6, 6.07) is 3.41. The van der Waals surface area contributed by atoms with Gasteiger partial charge in [0.05, 0.1) is 22.3 Å². The quantitative estimate of drug-likeness (QED) is 0.510. The number of hydrogen-bond acceptors (Lipinski definition) is 6. The summed E-state index contributed by atoms with van der Waals surface area (Å²) in [4.78, 5) is 71.5. The van der Waals surface area contributed by atoms with Crippen LogP contribution in [0, 0.1) is 0 Å². The van der Waals surface area contributed by atoms with Gasteiger partial charge in [-0.2, -0.15) is 0 Å². The van der Waals surface area contributed by atoms with Crippen molar-refractivity contribution in [2.24, 2.45) is 0 Å². The summed E-state index contributed by atoms with van der Waals surface area (Å²) in [6.07, 6.45) is 0. The van der Waals surface area contributed by atoms with Gasteiger partial charge in [0.2, 0.25) is 0 Å². The fourth-order valence-electron chi connectivity index (χ4n) is 3.13. The van der Waals surface area contributed by atoms with Crippen LogP contribution < -0.4 is 0 Å². The summed E-state index contributed by atoms with van der Waals surface area (Å²) in [5.41, 5.74) is -5.70. The van der Waals surface area contributed by atoms with Gasteiger partial charge in [-0.05, 0) is 24.3 Å². The number of carbonyl (C=O) groups is 6. The van der Waals surface area contributed by atoms with Crippen LogP contribution in [0.25, 0.3) is 0 Å². The Labute approximate surface area is 154 Å². The van der Waals surface area contributed by atoms with E-state index in [-0.39, 0.29) is 0 Å². The molecular formula is C18H8O10. The van der Waals surface area contributed by atoms with Crippen LogP contribution in [-0.4, -0.2) is 55.9 Å². The Bertz CT molecular complexity index is 1060. The highest BCUT2D eigenvalue weighted by atomic mass is 16.4. The van der Waals surface area contributed by atoms with Gasteiger partial charge >= 0.3 is 23.9 Å². The number of benzene rings is 2. The lowest BCUT2D eigenvalue weighted by molar-refractivity contribution is 0.0647. The lowest BCUT2D eigenvalue weighted by atomic mass is 9.77. The van der Waals surface area contributed by atoms with Crippen molar-refractivity contribution in [1.29, 1.82) is 0 Å². The topological polar surface area (TPSA) is 183 Å². The fraction of sp³-hybridized carbons (Fsp3) is 0. The summed E-state index contributed by atoms with van der Waals surface area (Å²) in [6.45, 7) is 0. The van der Waals surface area contributed by atoms with Gasteiger partial charge in [0.15, 0.2) is 11.6 Å². The second-order valence-corrected chi connectivity index (χ2v) is 5.70. The number of fused-ring (bicyclic) bond motifs is 2.